The van der Waals surface area contributed by atoms with Gasteiger partial charge in [-0.25, -0.2) is 19.4 Å². The van der Waals surface area contributed by atoms with E-state index in [1.807, 2.05) is 0 Å². The van der Waals surface area contributed by atoms with Crippen molar-refractivity contribution in [2.24, 2.45) is 0 Å². The number of hydrogen-bond acceptors (Lipinski definition) is 7. The molecule has 0 radical (unpaired) electrons. The Kier molecular flexibility index (Phi) is 9.33. The Hall–Kier alpha value is -1.70. The largest absolute Gasteiger partial charge is 0.460 e. The molecule has 108 valence electrons. The van der Waals surface area contributed by atoms with E-state index in [1.54, 1.807) is 0 Å². The van der Waals surface area contributed by atoms with Crippen molar-refractivity contribution in [3.05, 3.63) is 24.3 Å². The third-order valence-electron chi connectivity index (χ3n) is 1.59. The highest BCUT2D eigenvalue weighted by molar-refractivity contribution is 5.87. The zero-order valence-electron chi connectivity index (χ0n) is 11.1. The Morgan fingerprint density at radius 2 is 1.16 bits per heavy atom. The third kappa shape index (κ3) is 9.95. The summed E-state index contributed by atoms with van der Waals surface area (Å²) >= 11 is 0. The van der Waals surface area contributed by atoms with E-state index in [0.717, 1.165) is 0 Å². The van der Waals surface area contributed by atoms with E-state index in [0.29, 0.717) is 11.1 Å². The molecule has 7 heteroatoms. The fourth-order valence-corrected chi connectivity index (χ4v) is 0.685. The first kappa shape index (κ1) is 17.3. The fraction of sp³-hybridized carbons (Fsp3) is 0.500. The van der Waals surface area contributed by atoms with Gasteiger partial charge in [-0.2, -0.15) is 0 Å². The summed E-state index contributed by atoms with van der Waals surface area (Å²) in [6.07, 6.45) is 0. The molecule has 0 aromatic rings. The number of hydrogen-bond donors (Lipinski definition) is 0. The van der Waals surface area contributed by atoms with Gasteiger partial charge in [0.25, 0.3) is 0 Å². The van der Waals surface area contributed by atoms with Crippen molar-refractivity contribution >= 4 is 11.9 Å². The van der Waals surface area contributed by atoms with Crippen molar-refractivity contribution in [1.82, 2.24) is 0 Å². The van der Waals surface area contributed by atoms with Gasteiger partial charge >= 0.3 is 11.9 Å². The lowest BCUT2D eigenvalue weighted by molar-refractivity contribution is -0.513. The lowest BCUT2D eigenvalue weighted by Crippen LogP contribution is -2.13. The number of carbonyl (C=O) groups is 2. The quantitative estimate of drug-likeness (QED) is 0.194. The van der Waals surface area contributed by atoms with Crippen molar-refractivity contribution in [1.29, 1.82) is 0 Å². The first-order valence-corrected chi connectivity index (χ1v) is 5.51. The maximum atomic E-state index is 10.9. The van der Waals surface area contributed by atoms with Crippen LogP contribution in [-0.2, 0) is 33.9 Å². The van der Waals surface area contributed by atoms with Gasteiger partial charge in [-0.1, -0.05) is 18.2 Å². The van der Waals surface area contributed by atoms with E-state index in [-0.39, 0.29) is 26.4 Å². The minimum Gasteiger partial charge on any atom is -0.460 e. The van der Waals surface area contributed by atoms with Crippen LogP contribution in [0.5, 0.6) is 0 Å². The highest BCUT2D eigenvalue weighted by atomic mass is 17.5. The standard InChI is InChI=1S/C12H18O7/c1-9(2)11(13)15-5-7-17-19-18-8-6-16-12(14)10(3)4/h1,3,5-8H2,2,4H3. The minimum absolute atomic E-state index is 0.00454. The van der Waals surface area contributed by atoms with Gasteiger partial charge in [0.15, 0.2) is 0 Å². The van der Waals surface area contributed by atoms with Gasteiger partial charge in [0, 0.05) is 11.1 Å². The van der Waals surface area contributed by atoms with E-state index in [4.69, 9.17) is 9.47 Å². The molecule has 0 heterocycles. The lowest BCUT2D eigenvalue weighted by Gasteiger charge is -2.05. The van der Waals surface area contributed by atoms with Gasteiger partial charge in [-0.05, 0) is 13.8 Å². The van der Waals surface area contributed by atoms with Crippen LogP contribution in [-0.4, -0.2) is 38.4 Å². The molecular weight excluding hydrogens is 256 g/mol. The van der Waals surface area contributed by atoms with Gasteiger partial charge in [-0.15, -0.1) is 0 Å². The second kappa shape index (κ2) is 10.2. The number of carbonyl (C=O) groups excluding carboxylic acids is 2. The van der Waals surface area contributed by atoms with Crippen LogP contribution in [0.15, 0.2) is 24.3 Å². The van der Waals surface area contributed by atoms with Crippen LogP contribution in [0, 0.1) is 0 Å². The molecule has 19 heavy (non-hydrogen) atoms. The molecule has 0 aromatic heterocycles. The highest BCUT2D eigenvalue weighted by Crippen LogP contribution is 1.93. The average Bonchev–Trinajstić information content (AvgIpc) is 2.35. The highest BCUT2D eigenvalue weighted by Gasteiger charge is 2.03. The van der Waals surface area contributed by atoms with E-state index >= 15 is 0 Å². The van der Waals surface area contributed by atoms with Crippen molar-refractivity contribution in [3.8, 4) is 0 Å². The predicted molar refractivity (Wildman–Crippen MR) is 64.5 cm³/mol. The van der Waals surface area contributed by atoms with Gasteiger partial charge in [0.2, 0.25) is 0 Å². The van der Waals surface area contributed by atoms with Crippen LogP contribution in [0.2, 0.25) is 0 Å². The molecule has 0 atom stereocenters. The van der Waals surface area contributed by atoms with Crippen LogP contribution >= 0.6 is 0 Å². The number of rotatable bonds is 10. The Balaban J connectivity index is 3.28. The first-order valence-electron chi connectivity index (χ1n) is 5.51. The fourth-order valence-electron chi connectivity index (χ4n) is 0.685. The maximum Gasteiger partial charge on any atom is 0.333 e. The maximum absolute atomic E-state index is 10.9. The van der Waals surface area contributed by atoms with Crippen molar-refractivity contribution in [3.63, 3.8) is 0 Å². The summed E-state index contributed by atoms with van der Waals surface area (Å²) in [5, 5.41) is 4.29. The van der Waals surface area contributed by atoms with Crippen LogP contribution in [0.1, 0.15) is 13.8 Å². The third-order valence-corrected chi connectivity index (χ3v) is 1.59. The minimum atomic E-state index is -0.503. The van der Waals surface area contributed by atoms with E-state index < -0.39 is 11.9 Å². The van der Waals surface area contributed by atoms with E-state index in [2.05, 4.69) is 28.0 Å². The molecular formula is C12H18O7. The molecule has 0 aliphatic heterocycles. The summed E-state index contributed by atoms with van der Waals surface area (Å²) in [4.78, 5) is 30.9. The van der Waals surface area contributed by atoms with Gasteiger partial charge < -0.3 is 9.47 Å². The summed E-state index contributed by atoms with van der Waals surface area (Å²) in [5.41, 5.74) is 0.605. The Bertz CT molecular complexity index is 303. The molecule has 7 nitrogen and oxygen atoms in total. The summed E-state index contributed by atoms with van der Waals surface area (Å²) < 4.78 is 9.42. The van der Waals surface area contributed by atoms with Crippen LogP contribution in [0.3, 0.4) is 0 Å². The predicted octanol–water partition coefficient (Wildman–Crippen LogP) is 1.10. The van der Waals surface area contributed by atoms with Crippen LogP contribution in [0.25, 0.3) is 0 Å². The molecule has 0 aromatic carbocycles. The summed E-state index contributed by atoms with van der Waals surface area (Å²) in [6.45, 7) is 9.93. The summed E-state index contributed by atoms with van der Waals surface area (Å²) in [7, 11) is 0. The molecule has 0 spiro atoms. The smallest absolute Gasteiger partial charge is 0.333 e. The van der Waals surface area contributed by atoms with Crippen LogP contribution in [0.4, 0.5) is 0 Å². The first-order chi connectivity index (χ1) is 8.95. The molecule has 0 N–H and O–H groups in total. The number of esters is 2. The molecule has 0 saturated carbocycles. The van der Waals surface area contributed by atoms with Gasteiger partial charge in [0.05, 0.1) is 0 Å². The molecule has 0 saturated heterocycles. The molecule has 0 aliphatic rings. The Labute approximate surface area is 111 Å². The summed E-state index contributed by atoms with van der Waals surface area (Å²) in [6, 6.07) is 0. The molecule has 0 bridgehead atoms. The molecule has 0 fully saturated rings. The molecule has 0 aliphatic carbocycles. The Morgan fingerprint density at radius 1 is 0.789 bits per heavy atom. The second-order valence-corrected chi connectivity index (χ2v) is 3.54. The second-order valence-electron chi connectivity index (χ2n) is 3.54. The van der Waals surface area contributed by atoms with Gasteiger partial charge in [-0.3, -0.25) is 0 Å². The SMILES string of the molecule is C=C(C)C(=O)OCCOOOCCOC(=O)C(=C)C. The lowest BCUT2D eigenvalue weighted by atomic mass is 10.4. The Morgan fingerprint density at radius 3 is 1.47 bits per heavy atom. The van der Waals surface area contributed by atoms with Crippen LogP contribution < -0.4 is 0 Å². The van der Waals surface area contributed by atoms with Crippen molar-refractivity contribution in [2.45, 2.75) is 13.8 Å². The van der Waals surface area contributed by atoms with Crippen molar-refractivity contribution < 1.29 is 33.9 Å². The van der Waals surface area contributed by atoms with Gasteiger partial charge in [0.1, 0.15) is 26.4 Å². The van der Waals surface area contributed by atoms with Crippen molar-refractivity contribution in [2.75, 3.05) is 26.4 Å². The topological polar surface area (TPSA) is 80.3 Å². The number of ether oxygens (including phenoxy) is 2. The zero-order chi connectivity index (χ0) is 14.7. The monoisotopic (exact) mass is 274 g/mol. The molecule has 0 rings (SSSR count). The zero-order valence-corrected chi connectivity index (χ0v) is 11.1. The van der Waals surface area contributed by atoms with E-state index in [9.17, 15) is 9.59 Å². The molecule has 0 amide bonds. The average molecular weight is 274 g/mol. The summed E-state index contributed by atoms with van der Waals surface area (Å²) in [5.74, 6) is -1.01. The normalized spacial score (nSPS) is 9.79. The van der Waals surface area contributed by atoms with E-state index in [1.165, 1.54) is 13.8 Å². The molecule has 0 unspecified atom stereocenters.